The van der Waals surface area contributed by atoms with Crippen molar-refractivity contribution in [3.63, 3.8) is 0 Å². The van der Waals surface area contributed by atoms with E-state index in [9.17, 15) is 18.0 Å². The first-order chi connectivity index (χ1) is 12.2. The summed E-state index contributed by atoms with van der Waals surface area (Å²) in [5.74, 6) is 0.133. The molecule has 0 aliphatic carbocycles. The first-order valence-corrected chi connectivity index (χ1v) is 8.72. The Labute approximate surface area is 163 Å². The molecule has 9 heteroatoms. The Hall–Kier alpha value is -2.00. The molecule has 0 saturated carbocycles. The predicted octanol–water partition coefficient (Wildman–Crippen LogP) is 5.75. The molecule has 4 nitrogen and oxygen atoms in total. The van der Waals surface area contributed by atoms with Gasteiger partial charge < -0.3 is 9.47 Å². The summed E-state index contributed by atoms with van der Waals surface area (Å²) in [6.07, 6.45) is -2.02. The van der Waals surface area contributed by atoms with Crippen molar-refractivity contribution in [3.05, 3.63) is 62.9 Å². The third-order valence-corrected chi connectivity index (χ3v) is 4.80. The summed E-state index contributed by atoms with van der Waals surface area (Å²) in [5.41, 5.74) is -0.611. The number of hydrogen-bond acceptors (Lipinski definition) is 3. The third kappa shape index (κ3) is 3.45. The summed E-state index contributed by atoms with van der Waals surface area (Å²) in [4.78, 5) is 14.0. The highest BCUT2D eigenvalue weighted by atomic mass is 79.9. The number of ether oxygens (including phenoxy) is 2. The Morgan fingerprint density at radius 3 is 2.38 bits per heavy atom. The summed E-state index contributed by atoms with van der Waals surface area (Å²) in [6.45, 7) is 0. The number of anilines is 1. The van der Waals surface area contributed by atoms with Crippen LogP contribution in [0.4, 0.5) is 18.9 Å². The lowest BCUT2D eigenvalue weighted by molar-refractivity contribution is -0.137. The number of methoxy groups -OCH3 is 1. The number of nitrogens with zero attached hydrogens (tertiary/aromatic N) is 1. The van der Waals surface area contributed by atoms with Gasteiger partial charge >= 0.3 is 6.18 Å². The number of rotatable bonds is 2. The maximum Gasteiger partial charge on any atom is 0.416 e. The van der Waals surface area contributed by atoms with Gasteiger partial charge in [0.05, 0.1) is 27.3 Å². The monoisotopic (exact) mass is 491 g/mol. The van der Waals surface area contributed by atoms with E-state index in [0.717, 1.165) is 17.0 Å². The highest BCUT2D eigenvalue weighted by Gasteiger charge is 2.33. The minimum absolute atomic E-state index is 0.00962. The lowest BCUT2D eigenvalue weighted by atomic mass is 10.1. The molecule has 0 bridgehead atoms. The van der Waals surface area contributed by atoms with E-state index in [2.05, 4.69) is 31.9 Å². The maximum atomic E-state index is 13.0. The molecule has 0 saturated heterocycles. The minimum atomic E-state index is -4.53. The fraction of sp³-hybridized carbons (Fsp3) is 0.118. The quantitative estimate of drug-likeness (QED) is 0.535. The van der Waals surface area contributed by atoms with Crippen LogP contribution in [0, 0.1) is 0 Å². The van der Waals surface area contributed by atoms with Crippen LogP contribution in [0.5, 0.6) is 11.5 Å². The van der Waals surface area contributed by atoms with Gasteiger partial charge in [0.15, 0.2) is 5.75 Å². The van der Waals surface area contributed by atoms with E-state index in [0.29, 0.717) is 14.7 Å². The van der Waals surface area contributed by atoms with Gasteiger partial charge in [0, 0.05) is 11.8 Å². The first kappa shape index (κ1) is 18.8. The summed E-state index contributed by atoms with van der Waals surface area (Å²) >= 11 is 6.61. The molecule has 0 N–H and O–H groups in total. The van der Waals surface area contributed by atoms with Crippen LogP contribution >= 0.6 is 31.9 Å². The number of hydrogen-bond donors (Lipinski definition) is 0. The van der Waals surface area contributed by atoms with Crippen LogP contribution in [0.3, 0.4) is 0 Å². The summed E-state index contributed by atoms with van der Waals surface area (Å²) in [5, 5.41) is 0. The van der Waals surface area contributed by atoms with Crippen molar-refractivity contribution in [1.82, 2.24) is 0 Å². The minimum Gasteiger partial charge on any atom is -0.494 e. The molecule has 136 valence electrons. The van der Waals surface area contributed by atoms with Gasteiger partial charge in [-0.1, -0.05) is 0 Å². The zero-order chi connectivity index (χ0) is 19.1. The lowest BCUT2D eigenvalue weighted by Crippen LogP contribution is -2.28. The van der Waals surface area contributed by atoms with Crippen LogP contribution in [0.2, 0.25) is 0 Å². The largest absolute Gasteiger partial charge is 0.494 e. The highest BCUT2D eigenvalue weighted by molar-refractivity contribution is 9.11. The molecular formula is C17H10Br2F3NO3. The lowest BCUT2D eigenvalue weighted by Gasteiger charge is -2.25. The summed E-state index contributed by atoms with van der Waals surface area (Å²) in [7, 11) is 1.48. The van der Waals surface area contributed by atoms with Gasteiger partial charge in [-0.05, 0) is 62.2 Å². The molecule has 0 unspecified atom stereocenters. The molecule has 0 atom stereocenters. The van der Waals surface area contributed by atoms with E-state index in [1.807, 2.05) is 0 Å². The van der Waals surface area contributed by atoms with Crippen molar-refractivity contribution in [3.8, 4) is 11.5 Å². The molecule has 1 heterocycles. The molecule has 0 fully saturated rings. The zero-order valence-electron chi connectivity index (χ0n) is 13.1. The second kappa shape index (κ2) is 6.96. The average molecular weight is 493 g/mol. The standard InChI is InChI=1S/C17H10Br2F3NO3/c1-25-15-11(18)6-9(7-12(15)19)16(24)23-4-5-26-14-3-2-10(8-13(14)23)17(20,21)22/h2-8H,1H3. The molecule has 1 aliphatic heterocycles. The number of amides is 1. The second-order valence-electron chi connectivity index (χ2n) is 5.23. The van der Waals surface area contributed by atoms with E-state index in [4.69, 9.17) is 9.47 Å². The van der Waals surface area contributed by atoms with Crippen molar-refractivity contribution in [2.75, 3.05) is 12.0 Å². The van der Waals surface area contributed by atoms with Crippen LogP contribution in [0.15, 0.2) is 51.7 Å². The number of benzene rings is 2. The molecule has 1 amide bonds. The maximum absolute atomic E-state index is 13.0. The number of alkyl halides is 3. The SMILES string of the molecule is COc1c(Br)cc(C(=O)N2C=COc3ccc(C(F)(F)F)cc32)cc1Br. The first-order valence-electron chi connectivity index (χ1n) is 7.13. The average Bonchev–Trinajstić information content (AvgIpc) is 2.59. The smallest absolute Gasteiger partial charge is 0.416 e. The Morgan fingerprint density at radius 1 is 1.15 bits per heavy atom. The number of carbonyl (C=O) groups excluding carboxylic acids is 1. The van der Waals surface area contributed by atoms with Gasteiger partial charge in [-0.2, -0.15) is 13.2 Å². The third-order valence-electron chi connectivity index (χ3n) is 3.62. The Balaban J connectivity index is 2.04. The Kier molecular flexibility index (Phi) is 5.03. The van der Waals surface area contributed by atoms with Crippen LogP contribution in [-0.2, 0) is 6.18 Å². The van der Waals surface area contributed by atoms with Crippen molar-refractivity contribution >= 4 is 43.5 Å². The van der Waals surface area contributed by atoms with E-state index < -0.39 is 17.6 Å². The molecular weight excluding hydrogens is 483 g/mol. The van der Waals surface area contributed by atoms with Crippen molar-refractivity contribution < 1.29 is 27.4 Å². The van der Waals surface area contributed by atoms with E-state index >= 15 is 0 Å². The molecule has 26 heavy (non-hydrogen) atoms. The number of carbonyl (C=O) groups is 1. The number of fused-ring (bicyclic) bond motifs is 1. The molecule has 0 spiro atoms. The van der Waals surface area contributed by atoms with Crippen LogP contribution < -0.4 is 14.4 Å². The highest BCUT2D eigenvalue weighted by Crippen LogP contribution is 2.40. The fourth-order valence-corrected chi connectivity index (χ4v) is 3.93. The van der Waals surface area contributed by atoms with Gasteiger partial charge in [0.25, 0.3) is 5.91 Å². The van der Waals surface area contributed by atoms with Gasteiger partial charge in [-0.25, -0.2) is 0 Å². The van der Waals surface area contributed by atoms with E-state index in [1.165, 1.54) is 37.8 Å². The Bertz CT molecular complexity index is 890. The van der Waals surface area contributed by atoms with Crippen molar-refractivity contribution in [2.45, 2.75) is 6.18 Å². The van der Waals surface area contributed by atoms with Crippen LogP contribution in [-0.4, -0.2) is 13.0 Å². The van der Waals surface area contributed by atoms with Crippen molar-refractivity contribution in [1.29, 1.82) is 0 Å². The van der Waals surface area contributed by atoms with Crippen LogP contribution in [0.1, 0.15) is 15.9 Å². The normalized spacial score (nSPS) is 13.2. The molecule has 1 aliphatic rings. The second-order valence-corrected chi connectivity index (χ2v) is 6.94. The van der Waals surface area contributed by atoms with Gasteiger partial charge in [-0.15, -0.1) is 0 Å². The molecule has 3 rings (SSSR count). The fourth-order valence-electron chi connectivity index (χ4n) is 2.42. The van der Waals surface area contributed by atoms with Gasteiger partial charge in [0.2, 0.25) is 0 Å². The van der Waals surface area contributed by atoms with Gasteiger partial charge in [-0.3, -0.25) is 9.69 Å². The zero-order valence-corrected chi connectivity index (χ0v) is 16.3. The molecule has 2 aromatic rings. The summed E-state index contributed by atoms with van der Waals surface area (Å²) < 4.78 is 50.5. The molecule has 0 radical (unpaired) electrons. The van der Waals surface area contributed by atoms with E-state index in [-0.39, 0.29) is 17.0 Å². The van der Waals surface area contributed by atoms with Gasteiger partial charge in [0.1, 0.15) is 12.0 Å². The Morgan fingerprint density at radius 2 is 1.81 bits per heavy atom. The van der Waals surface area contributed by atoms with Crippen molar-refractivity contribution in [2.24, 2.45) is 0 Å². The molecule has 2 aromatic carbocycles. The summed E-state index contributed by atoms with van der Waals surface area (Å²) in [6, 6.07) is 6.03. The number of halogens is 5. The topological polar surface area (TPSA) is 38.8 Å². The van der Waals surface area contributed by atoms with Crippen LogP contribution in [0.25, 0.3) is 0 Å². The predicted molar refractivity (Wildman–Crippen MR) is 96.4 cm³/mol. The molecule has 0 aromatic heterocycles. The van der Waals surface area contributed by atoms with E-state index in [1.54, 1.807) is 0 Å².